The average Bonchev–Trinajstić information content (AvgIpc) is 2.25. The zero-order chi connectivity index (χ0) is 11.6. The highest BCUT2D eigenvalue weighted by atomic mass is 14.7. The zero-order valence-electron chi connectivity index (χ0n) is 10.8. The molecule has 2 nitrogen and oxygen atoms in total. The topological polar surface area (TPSA) is 52.0 Å². The summed E-state index contributed by atoms with van der Waals surface area (Å²) in [6.07, 6.45) is 15.8. The Kier molecular flexibility index (Phi) is 7.87. The monoisotopic (exact) mass is 226 g/mol. The molecular weight excluding hydrogens is 196 g/mol. The molecule has 2 heteroatoms. The van der Waals surface area contributed by atoms with E-state index in [2.05, 4.69) is 0 Å². The molecule has 0 aliphatic heterocycles. The van der Waals surface area contributed by atoms with Crippen LogP contribution < -0.4 is 11.5 Å². The van der Waals surface area contributed by atoms with E-state index in [1.54, 1.807) is 0 Å². The number of nitrogens with two attached hydrogens (primary N) is 2. The van der Waals surface area contributed by atoms with E-state index in [1.807, 2.05) is 0 Å². The molecule has 1 fully saturated rings. The van der Waals surface area contributed by atoms with Crippen LogP contribution >= 0.6 is 0 Å². The summed E-state index contributed by atoms with van der Waals surface area (Å²) in [5, 5.41) is 0. The van der Waals surface area contributed by atoms with Gasteiger partial charge in [0.2, 0.25) is 0 Å². The Bertz CT molecular complexity index is 143. The van der Waals surface area contributed by atoms with E-state index >= 15 is 0 Å². The van der Waals surface area contributed by atoms with Gasteiger partial charge in [-0.25, -0.2) is 0 Å². The van der Waals surface area contributed by atoms with Gasteiger partial charge in [0, 0.05) is 12.1 Å². The van der Waals surface area contributed by atoms with E-state index in [1.165, 1.54) is 70.6 Å². The third-order valence-electron chi connectivity index (χ3n) is 3.76. The van der Waals surface area contributed by atoms with Crippen LogP contribution in [0.15, 0.2) is 0 Å². The molecule has 1 aliphatic carbocycles. The van der Waals surface area contributed by atoms with Crippen molar-refractivity contribution in [3.63, 3.8) is 0 Å². The summed E-state index contributed by atoms with van der Waals surface area (Å²) in [6.45, 7) is 0. The summed E-state index contributed by atoms with van der Waals surface area (Å²) >= 11 is 0. The second-order valence-corrected chi connectivity index (χ2v) is 5.52. The molecule has 2 atom stereocenters. The minimum absolute atomic E-state index is 0.345. The van der Waals surface area contributed by atoms with E-state index in [0.717, 1.165) is 6.42 Å². The molecule has 96 valence electrons. The van der Waals surface area contributed by atoms with Crippen molar-refractivity contribution in [2.45, 2.75) is 89.1 Å². The second-order valence-electron chi connectivity index (χ2n) is 5.52. The molecule has 0 amide bonds. The molecule has 1 aliphatic rings. The van der Waals surface area contributed by atoms with Crippen LogP contribution in [0.3, 0.4) is 0 Å². The Morgan fingerprint density at radius 1 is 0.500 bits per heavy atom. The molecule has 0 heterocycles. The van der Waals surface area contributed by atoms with Crippen LogP contribution in [-0.4, -0.2) is 12.1 Å². The maximum Gasteiger partial charge on any atom is 0.00535 e. The van der Waals surface area contributed by atoms with Crippen LogP contribution in [0.1, 0.15) is 77.0 Å². The van der Waals surface area contributed by atoms with Gasteiger partial charge in [0.05, 0.1) is 0 Å². The highest BCUT2D eigenvalue weighted by Crippen LogP contribution is 2.15. The summed E-state index contributed by atoms with van der Waals surface area (Å²) in [6, 6.07) is 0.691. The summed E-state index contributed by atoms with van der Waals surface area (Å²) in [4.78, 5) is 0. The molecule has 16 heavy (non-hydrogen) atoms. The highest BCUT2D eigenvalue weighted by Gasteiger charge is 2.09. The number of hydrogen-bond acceptors (Lipinski definition) is 2. The van der Waals surface area contributed by atoms with Crippen molar-refractivity contribution >= 4 is 0 Å². The fourth-order valence-corrected chi connectivity index (χ4v) is 2.68. The van der Waals surface area contributed by atoms with Crippen LogP contribution in [-0.2, 0) is 0 Å². The van der Waals surface area contributed by atoms with Crippen LogP contribution in [0.25, 0.3) is 0 Å². The van der Waals surface area contributed by atoms with Gasteiger partial charge in [-0.3, -0.25) is 0 Å². The Morgan fingerprint density at radius 3 is 1.19 bits per heavy atom. The van der Waals surface area contributed by atoms with Crippen molar-refractivity contribution in [2.24, 2.45) is 11.5 Å². The van der Waals surface area contributed by atoms with Crippen LogP contribution in [0.5, 0.6) is 0 Å². The Balaban J connectivity index is 2.21. The lowest BCUT2D eigenvalue weighted by molar-refractivity contribution is 0.433. The lowest BCUT2D eigenvalue weighted by atomic mass is 9.96. The maximum atomic E-state index is 6.10. The molecule has 0 radical (unpaired) electrons. The number of hydrogen-bond donors (Lipinski definition) is 2. The van der Waals surface area contributed by atoms with Gasteiger partial charge in [0.15, 0.2) is 0 Å². The van der Waals surface area contributed by atoms with Gasteiger partial charge in [-0.1, -0.05) is 57.8 Å². The quantitative estimate of drug-likeness (QED) is 0.665. The summed E-state index contributed by atoms with van der Waals surface area (Å²) in [5.74, 6) is 0. The molecule has 4 N–H and O–H groups in total. The standard InChI is InChI=1S/C14H30N2/c15-13-10-8-6-4-2-1-3-5-7-9-11-14(16)12-13/h13-14H,1-12,15-16H2. The average molecular weight is 226 g/mol. The number of rotatable bonds is 0. The third kappa shape index (κ3) is 7.24. The molecule has 0 spiro atoms. The van der Waals surface area contributed by atoms with E-state index in [9.17, 15) is 0 Å². The lowest BCUT2D eigenvalue weighted by Gasteiger charge is -2.17. The summed E-state index contributed by atoms with van der Waals surface area (Å²) in [5.41, 5.74) is 12.2. The maximum absolute atomic E-state index is 6.10. The van der Waals surface area contributed by atoms with Crippen LogP contribution in [0.4, 0.5) is 0 Å². The zero-order valence-corrected chi connectivity index (χ0v) is 10.8. The van der Waals surface area contributed by atoms with Crippen molar-refractivity contribution in [1.82, 2.24) is 0 Å². The van der Waals surface area contributed by atoms with Gasteiger partial charge in [0.1, 0.15) is 0 Å². The molecule has 0 bridgehead atoms. The second kappa shape index (κ2) is 9.00. The van der Waals surface area contributed by atoms with E-state index in [0.29, 0.717) is 12.1 Å². The predicted molar refractivity (Wildman–Crippen MR) is 71.4 cm³/mol. The van der Waals surface area contributed by atoms with Crippen molar-refractivity contribution in [2.75, 3.05) is 0 Å². The fourth-order valence-electron chi connectivity index (χ4n) is 2.68. The van der Waals surface area contributed by atoms with Gasteiger partial charge < -0.3 is 11.5 Å². The smallest absolute Gasteiger partial charge is 0.00535 e. The Morgan fingerprint density at radius 2 is 0.812 bits per heavy atom. The molecule has 1 rings (SSSR count). The van der Waals surface area contributed by atoms with Gasteiger partial charge in [-0.15, -0.1) is 0 Å². The van der Waals surface area contributed by atoms with Gasteiger partial charge >= 0.3 is 0 Å². The van der Waals surface area contributed by atoms with Gasteiger partial charge in [0.25, 0.3) is 0 Å². The van der Waals surface area contributed by atoms with E-state index in [-0.39, 0.29) is 0 Å². The lowest BCUT2D eigenvalue weighted by Crippen LogP contribution is -2.31. The molecule has 0 aromatic rings. The van der Waals surface area contributed by atoms with Crippen molar-refractivity contribution in [3.05, 3.63) is 0 Å². The molecule has 1 saturated carbocycles. The molecule has 2 unspecified atom stereocenters. The van der Waals surface area contributed by atoms with Gasteiger partial charge in [-0.2, -0.15) is 0 Å². The molecular formula is C14H30N2. The molecule has 0 saturated heterocycles. The summed E-state index contributed by atoms with van der Waals surface area (Å²) in [7, 11) is 0. The van der Waals surface area contributed by atoms with E-state index in [4.69, 9.17) is 11.5 Å². The third-order valence-corrected chi connectivity index (χ3v) is 3.76. The first kappa shape index (κ1) is 14.0. The molecule has 0 aromatic heterocycles. The van der Waals surface area contributed by atoms with Gasteiger partial charge in [-0.05, 0) is 19.3 Å². The predicted octanol–water partition coefficient (Wildman–Crippen LogP) is 3.34. The minimum Gasteiger partial charge on any atom is -0.328 e. The van der Waals surface area contributed by atoms with E-state index < -0.39 is 0 Å². The largest absolute Gasteiger partial charge is 0.328 e. The van der Waals surface area contributed by atoms with Crippen molar-refractivity contribution < 1.29 is 0 Å². The summed E-state index contributed by atoms with van der Waals surface area (Å²) < 4.78 is 0. The first-order valence-corrected chi connectivity index (χ1v) is 7.30. The first-order chi connectivity index (χ1) is 7.79. The Labute approximate surface area is 101 Å². The normalized spacial score (nSPS) is 31.9. The van der Waals surface area contributed by atoms with Crippen LogP contribution in [0, 0.1) is 0 Å². The van der Waals surface area contributed by atoms with Crippen molar-refractivity contribution in [3.8, 4) is 0 Å². The fraction of sp³-hybridized carbons (Fsp3) is 1.00. The SMILES string of the molecule is NC1CCCCCCCCCCCC(N)C1. The first-order valence-electron chi connectivity index (χ1n) is 7.30. The Hall–Kier alpha value is -0.0800. The highest BCUT2D eigenvalue weighted by molar-refractivity contribution is 4.71. The van der Waals surface area contributed by atoms with Crippen LogP contribution in [0.2, 0.25) is 0 Å². The van der Waals surface area contributed by atoms with Crippen molar-refractivity contribution in [1.29, 1.82) is 0 Å². The minimum atomic E-state index is 0.345. The molecule has 0 aromatic carbocycles.